The Labute approximate surface area is 93.1 Å². The van der Waals surface area contributed by atoms with Gasteiger partial charge in [-0.2, -0.15) is 0 Å². The molecule has 0 fully saturated rings. The topological polar surface area (TPSA) is 78.6 Å². The second-order valence-electron chi connectivity index (χ2n) is 3.17. The fourth-order valence-corrected chi connectivity index (χ4v) is 1.15. The molecule has 86 valence electrons. The lowest BCUT2D eigenvalue weighted by molar-refractivity contribution is -0.134. The monoisotopic (exact) mass is 223 g/mol. The molecule has 0 spiro atoms. The van der Waals surface area contributed by atoms with Gasteiger partial charge in [-0.15, -0.1) is 0 Å². The van der Waals surface area contributed by atoms with Crippen LogP contribution in [0.5, 0.6) is 11.5 Å². The lowest BCUT2D eigenvalue weighted by Crippen LogP contribution is -2.08. The first-order valence-corrected chi connectivity index (χ1v) is 4.72. The van der Waals surface area contributed by atoms with E-state index in [1.807, 2.05) is 0 Å². The minimum absolute atomic E-state index is 0.200. The van der Waals surface area contributed by atoms with E-state index in [9.17, 15) is 9.59 Å². The molecule has 0 amide bonds. The highest BCUT2D eigenvalue weighted by Gasteiger charge is 2.10. The smallest absolute Gasteiger partial charge is 0.308 e. The molecule has 2 N–H and O–H groups in total. The van der Waals surface area contributed by atoms with Gasteiger partial charge in [-0.25, -0.2) is 0 Å². The first-order chi connectivity index (χ1) is 7.52. The van der Waals surface area contributed by atoms with Crippen LogP contribution in [-0.2, 0) is 16.1 Å². The summed E-state index contributed by atoms with van der Waals surface area (Å²) in [4.78, 5) is 21.7. The molecule has 0 saturated carbocycles. The maximum Gasteiger partial charge on any atom is 0.308 e. The largest absolute Gasteiger partial charge is 0.423 e. The van der Waals surface area contributed by atoms with Crippen LogP contribution in [0.15, 0.2) is 18.2 Å². The molecule has 1 aromatic carbocycles. The van der Waals surface area contributed by atoms with Gasteiger partial charge in [-0.3, -0.25) is 9.59 Å². The van der Waals surface area contributed by atoms with Crippen LogP contribution in [0.1, 0.15) is 19.4 Å². The zero-order chi connectivity index (χ0) is 12.1. The molecule has 1 rings (SSSR count). The van der Waals surface area contributed by atoms with Gasteiger partial charge in [0.25, 0.3) is 0 Å². The molecular weight excluding hydrogens is 210 g/mol. The maximum absolute atomic E-state index is 10.9. The molecule has 0 aliphatic rings. The first kappa shape index (κ1) is 12.2. The number of rotatable bonds is 3. The number of esters is 2. The number of ether oxygens (including phenoxy) is 2. The minimum Gasteiger partial charge on any atom is -0.423 e. The van der Waals surface area contributed by atoms with Gasteiger partial charge >= 0.3 is 11.9 Å². The standard InChI is InChI=1S/C11H13NO4/c1-7(13)15-10-4-3-9(6-12)5-11(10)16-8(2)14/h3-5H,6,12H2,1-2H3. The van der Waals surface area contributed by atoms with Crippen LogP contribution < -0.4 is 15.2 Å². The lowest BCUT2D eigenvalue weighted by atomic mass is 10.2. The van der Waals surface area contributed by atoms with E-state index in [4.69, 9.17) is 15.2 Å². The van der Waals surface area contributed by atoms with Crippen LogP contribution in [0, 0.1) is 0 Å². The molecule has 0 aromatic heterocycles. The summed E-state index contributed by atoms with van der Waals surface area (Å²) >= 11 is 0. The molecule has 0 saturated heterocycles. The van der Waals surface area contributed by atoms with Crippen molar-refractivity contribution in [3.63, 3.8) is 0 Å². The van der Waals surface area contributed by atoms with E-state index in [-0.39, 0.29) is 11.5 Å². The van der Waals surface area contributed by atoms with Gasteiger partial charge in [-0.1, -0.05) is 6.07 Å². The van der Waals surface area contributed by atoms with Gasteiger partial charge in [-0.05, 0) is 17.7 Å². The number of benzene rings is 1. The number of nitrogens with two attached hydrogens (primary N) is 1. The number of carbonyl (C=O) groups is 2. The van der Waals surface area contributed by atoms with Gasteiger partial charge in [0.05, 0.1) is 0 Å². The highest BCUT2D eigenvalue weighted by molar-refractivity contribution is 5.73. The van der Waals surface area contributed by atoms with Crippen molar-refractivity contribution in [2.75, 3.05) is 0 Å². The quantitative estimate of drug-likeness (QED) is 0.610. The Morgan fingerprint density at radius 1 is 1.12 bits per heavy atom. The molecule has 0 unspecified atom stereocenters. The zero-order valence-electron chi connectivity index (χ0n) is 9.15. The summed E-state index contributed by atoms with van der Waals surface area (Å²) in [5.41, 5.74) is 6.24. The van der Waals surface area contributed by atoms with Crippen molar-refractivity contribution in [3.8, 4) is 11.5 Å². The van der Waals surface area contributed by atoms with E-state index in [2.05, 4.69) is 0 Å². The Kier molecular flexibility index (Phi) is 4.02. The van der Waals surface area contributed by atoms with Crippen molar-refractivity contribution < 1.29 is 19.1 Å². The zero-order valence-corrected chi connectivity index (χ0v) is 9.15. The Hall–Kier alpha value is -1.88. The molecule has 1 aromatic rings. The molecular formula is C11H13NO4. The fourth-order valence-electron chi connectivity index (χ4n) is 1.15. The normalized spacial score (nSPS) is 9.69. The summed E-state index contributed by atoms with van der Waals surface area (Å²) in [7, 11) is 0. The summed E-state index contributed by atoms with van der Waals surface area (Å²) in [6, 6.07) is 4.81. The average Bonchev–Trinajstić information content (AvgIpc) is 2.19. The molecule has 0 bridgehead atoms. The molecule has 0 heterocycles. The summed E-state index contributed by atoms with van der Waals surface area (Å²) in [6.45, 7) is 2.86. The van der Waals surface area contributed by atoms with Crippen LogP contribution in [-0.4, -0.2) is 11.9 Å². The minimum atomic E-state index is -0.484. The van der Waals surface area contributed by atoms with E-state index in [1.54, 1.807) is 18.2 Å². The van der Waals surface area contributed by atoms with Crippen LogP contribution in [0.25, 0.3) is 0 Å². The number of hydrogen-bond acceptors (Lipinski definition) is 5. The number of carbonyl (C=O) groups excluding carboxylic acids is 2. The number of hydrogen-bond donors (Lipinski definition) is 1. The van der Waals surface area contributed by atoms with Crippen LogP contribution >= 0.6 is 0 Å². The Morgan fingerprint density at radius 3 is 2.19 bits per heavy atom. The van der Waals surface area contributed by atoms with Gasteiger partial charge in [0, 0.05) is 20.4 Å². The molecule has 0 aliphatic heterocycles. The van der Waals surface area contributed by atoms with E-state index in [0.717, 1.165) is 5.56 Å². The van der Waals surface area contributed by atoms with Gasteiger partial charge < -0.3 is 15.2 Å². The summed E-state index contributed by atoms with van der Waals surface area (Å²) < 4.78 is 9.81. The third-order valence-corrected chi connectivity index (χ3v) is 1.75. The molecule has 0 atom stereocenters. The summed E-state index contributed by atoms with van der Waals surface area (Å²) in [6.07, 6.45) is 0. The van der Waals surface area contributed by atoms with Crippen molar-refractivity contribution >= 4 is 11.9 Å². The summed E-state index contributed by atoms with van der Waals surface area (Å²) in [5, 5.41) is 0. The average molecular weight is 223 g/mol. The molecule has 5 heteroatoms. The van der Waals surface area contributed by atoms with E-state index in [0.29, 0.717) is 6.54 Å². The highest BCUT2D eigenvalue weighted by Crippen LogP contribution is 2.28. The SMILES string of the molecule is CC(=O)Oc1ccc(CN)cc1OC(C)=O. The Bertz CT molecular complexity index is 414. The van der Waals surface area contributed by atoms with Crippen molar-refractivity contribution in [1.82, 2.24) is 0 Å². The van der Waals surface area contributed by atoms with Crippen molar-refractivity contribution in [1.29, 1.82) is 0 Å². The van der Waals surface area contributed by atoms with Crippen molar-refractivity contribution in [3.05, 3.63) is 23.8 Å². The lowest BCUT2D eigenvalue weighted by Gasteiger charge is -2.09. The molecule has 16 heavy (non-hydrogen) atoms. The highest BCUT2D eigenvalue weighted by atomic mass is 16.6. The van der Waals surface area contributed by atoms with Crippen LogP contribution in [0.4, 0.5) is 0 Å². The summed E-state index contributed by atoms with van der Waals surface area (Å²) in [5.74, 6) is -0.554. The second-order valence-corrected chi connectivity index (χ2v) is 3.17. The second kappa shape index (κ2) is 5.27. The van der Waals surface area contributed by atoms with Crippen LogP contribution in [0.3, 0.4) is 0 Å². The van der Waals surface area contributed by atoms with Gasteiger partial charge in [0.2, 0.25) is 0 Å². The fraction of sp³-hybridized carbons (Fsp3) is 0.273. The Balaban J connectivity index is 3.05. The van der Waals surface area contributed by atoms with Gasteiger partial charge in [0.15, 0.2) is 11.5 Å². The Morgan fingerprint density at radius 2 is 1.69 bits per heavy atom. The third kappa shape index (κ3) is 3.36. The maximum atomic E-state index is 10.9. The van der Waals surface area contributed by atoms with E-state index < -0.39 is 11.9 Å². The molecule has 5 nitrogen and oxygen atoms in total. The van der Waals surface area contributed by atoms with Crippen molar-refractivity contribution in [2.45, 2.75) is 20.4 Å². The molecule has 0 aliphatic carbocycles. The third-order valence-electron chi connectivity index (χ3n) is 1.75. The molecule has 0 radical (unpaired) electrons. The predicted molar refractivity (Wildman–Crippen MR) is 57.0 cm³/mol. The van der Waals surface area contributed by atoms with Gasteiger partial charge in [0.1, 0.15) is 0 Å². The predicted octanol–water partition coefficient (Wildman–Crippen LogP) is 0.996. The van der Waals surface area contributed by atoms with E-state index >= 15 is 0 Å². The first-order valence-electron chi connectivity index (χ1n) is 4.72. The van der Waals surface area contributed by atoms with E-state index in [1.165, 1.54) is 13.8 Å². The van der Waals surface area contributed by atoms with Crippen LogP contribution in [0.2, 0.25) is 0 Å². The van der Waals surface area contributed by atoms with Crippen molar-refractivity contribution in [2.24, 2.45) is 5.73 Å².